The minimum absolute atomic E-state index is 0.0542. The Hall–Kier alpha value is -2.08. The second-order valence-corrected chi connectivity index (χ2v) is 3.50. The Morgan fingerprint density at radius 2 is 2.41 bits per heavy atom. The predicted octanol–water partition coefficient (Wildman–Crippen LogP) is 1.04. The average Bonchev–Trinajstić information content (AvgIpc) is 2.95. The van der Waals surface area contributed by atoms with Gasteiger partial charge in [0.1, 0.15) is 17.6 Å². The van der Waals surface area contributed by atoms with E-state index in [2.05, 4.69) is 10.3 Å². The standard InChI is InChI=1S/C11H12N2O4/c1-7-10(13-6-17-7)11(15)12-5-8(14)9-3-2-4-16-9/h2-4,6,8,14H,5H2,1H3,(H,12,15). The summed E-state index contributed by atoms with van der Waals surface area (Å²) in [6.45, 7) is 1.70. The number of rotatable bonds is 4. The summed E-state index contributed by atoms with van der Waals surface area (Å²) in [6, 6.07) is 3.31. The molecule has 0 aliphatic heterocycles. The lowest BCUT2D eigenvalue weighted by molar-refractivity contribution is 0.0895. The zero-order valence-corrected chi connectivity index (χ0v) is 9.21. The maximum atomic E-state index is 11.6. The third-order valence-electron chi connectivity index (χ3n) is 2.29. The molecule has 2 rings (SSSR count). The molecule has 1 amide bonds. The monoisotopic (exact) mass is 236 g/mol. The number of oxazole rings is 1. The van der Waals surface area contributed by atoms with Gasteiger partial charge in [-0.2, -0.15) is 0 Å². The molecule has 0 aromatic carbocycles. The molecule has 0 radical (unpaired) electrons. The van der Waals surface area contributed by atoms with Crippen LogP contribution in [0.1, 0.15) is 28.1 Å². The van der Waals surface area contributed by atoms with E-state index >= 15 is 0 Å². The van der Waals surface area contributed by atoms with E-state index < -0.39 is 6.10 Å². The van der Waals surface area contributed by atoms with E-state index in [9.17, 15) is 9.90 Å². The number of aliphatic hydroxyl groups excluding tert-OH is 1. The second-order valence-electron chi connectivity index (χ2n) is 3.50. The molecule has 2 aromatic rings. The van der Waals surface area contributed by atoms with Crippen molar-refractivity contribution in [2.24, 2.45) is 0 Å². The average molecular weight is 236 g/mol. The van der Waals surface area contributed by atoms with Gasteiger partial charge in [-0.15, -0.1) is 0 Å². The van der Waals surface area contributed by atoms with E-state index in [-0.39, 0.29) is 18.1 Å². The van der Waals surface area contributed by atoms with Crippen LogP contribution in [0, 0.1) is 6.92 Å². The number of furan rings is 1. The number of aromatic nitrogens is 1. The second kappa shape index (κ2) is 4.84. The van der Waals surface area contributed by atoms with Gasteiger partial charge in [0.25, 0.3) is 5.91 Å². The molecule has 0 saturated heterocycles. The fraction of sp³-hybridized carbons (Fsp3) is 0.273. The first-order valence-electron chi connectivity index (χ1n) is 5.08. The summed E-state index contributed by atoms with van der Waals surface area (Å²) >= 11 is 0. The first-order valence-corrected chi connectivity index (χ1v) is 5.08. The Labute approximate surface area is 97.3 Å². The highest BCUT2D eigenvalue weighted by Crippen LogP contribution is 2.12. The number of amides is 1. The van der Waals surface area contributed by atoms with Crippen molar-refractivity contribution in [3.8, 4) is 0 Å². The van der Waals surface area contributed by atoms with Crippen LogP contribution in [0.15, 0.2) is 33.6 Å². The van der Waals surface area contributed by atoms with Crippen molar-refractivity contribution >= 4 is 5.91 Å². The maximum absolute atomic E-state index is 11.6. The minimum Gasteiger partial charge on any atom is -0.467 e. The maximum Gasteiger partial charge on any atom is 0.273 e. The fourth-order valence-electron chi connectivity index (χ4n) is 1.38. The Balaban J connectivity index is 1.91. The number of hydrogen-bond acceptors (Lipinski definition) is 5. The van der Waals surface area contributed by atoms with Crippen LogP contribution in [-0.4, -0.2) is 22.5 Å². The molecule has 90 valence electrons. The van der Waals surface area contributed by atoms with Crippen LogP contribution in [0.2, 0.25) is 0 Å². The fourth-order valence-corrected chi connectivity index (χ4v) is 1.38. The third-order valence-corrected chi connectivity index (χ3v) is 2.29. The summed E-state index contributed by atoms with van der Waals surface area (Å²) in [6.07, 6.45) is 1.79. The van der Waals surface area contributed by atoms with Crippen molar-refractivity contribution in [1.29, 1.82) is 0 Å². The van der Waals surface area contributed by atoms with Gasteiger partial charge in [-0.1, -0.05) is 0 Å². The van der Waals surface area contributed by atoms with E-state index in [1.807, 2.05) is 0 Å². The number of nitrogens with zero attached hydrogens (tertiary/aromatic N) is 1. The van der Waals surface area contributed by atoms with E-state index in [4.69, 9.17) is 8.83 Å². The summed E-state index contributed by atoms with van der Waals surface area (Å²) < 4.78 is 9.92. The molecule has 0 aliphatic rings. The summed E-state index contributed by atoms with van der Waals surface area (Å²) in [7, 11) is 0. The lowest BCUT2D eigenvalue weighted by Crippen LogP contribution is -2.28. The molecule has 0 spiro atoms. The van der Waals surface area contributed by atoms with E-state index in [0.717, 1.165) is 0 Å². The Morgan fingerprint density at radius 3 is 3.00 bits per heavy atom. The van der Waals surface area contributed by atoms with Crippen LogP contribution < -0.4 is 5.32 Å². The Bertz CT molecular complexity index is 489. The van der Waals surface area contributed by atoms with Crippen LogP contribution in [0.4, 0.5) is 0 Å². The van der Waals surface area contributed by atoms with E-state index in [0.29, 0.717) is 11.5 Å². The summed E-state index contributed by atoms with van der Waals surface area (Å²) in [5, 5.41) is 12.2. The molecule has 6 heteroatoms. The highest BCUT2D eigenvalue weighted by Gasteiger charge is 2.16. The van der Waals surface area contributed by atoms with Gasteiger partial charge in [0.15, 0.2) is 12.1 Å². The van der Waals surface area contributed by atoms with Gasteiger partial charge in [-0.05, 0) is 19.1 Å². The van der Waals surface area contributed by atoms with Crippen molar-refractivity contribution in [1.82, 2.24) is 10.3 Å². The molecule has 2 heterocycles. The molecule has 2 N–H and O–H groups in total. The Kier molecular flexibility index (Phi) is 3.24. The van der Waals surface area contributed by atoms with Gasteiger partial charge in [-0.25, -0.2) is 4.98 Å². The lowest BCUT2D eigenvalue weighted by atomic mass is 10.2. The van der Waals surface area contributed by atoms with Gasteiger partial charge in [0, 0.05) is 0 Å². The minimum atomic E-state index is -0.874. The molecular weight excluding hydrogens is 224 g/mol. The molecular formula is C11H12N2O4. The molecule has 17 heavy (non-hydrogen) atoms. The predicted molar refractivity (Wildman–Crippen MR) is 57.2 cm³/mol. The number of nitrogens with one attached hydrogen (secondary N) is 1. The van der Waals surface area contributed by atoms with Crippen molar-refractivity contribution in [2.75, 3.05) is 6.54 Å². The van der Waals surface area contributed by atoms with Gasteiger partial charge in [-0.3, -0.25) is 4.79 Å². The number of carbonyl (C=O) groups excluding carboxylic acids is 1. The SMILES string of the molecule is Cc1ocnc1C(=O)NCC(O)c1ccco1. The van der Waals surface area contributed by atoms with Crippen LogP contribution >= 0.6 is 0 Å². The molecule has 6 nitrogen and oxygen atoms in total. The first-order chi connectivity index (χ1) is 8.18. The van der Waals surface area contributed by atoms with Crippen LogP contribution in [0.3, 0.4) is 0 Å². The van der Waals surface area contributed by atoms with Crippen LogP contribution in [0.5, 0.6) is 0 Å². The molecule has 1 atom stereocenters. The van der Waals surface area contributed by atoms with Gasteiger partial charge in [0.2, 0.25) is 0 Å². The molecule has 0 saturated carbocycles. The van der Waals surface area contributed by atoms with Crippen LogP contribution in [-0.2, 0) is 0 Å². The Morgan fingerprint density at radius 1 is 1.59 bits per heavy atom. The van der Waals surface area contributed by atoms with Gasteiger partial charge >= 0.3 is 0 Å². The summed E-state index contributed by atoms with van der Waals surface area (Å²) in [5.74, 6) is 0.457. The smallest absolute Gasteiger partial charge is 0.273 e. The van der Waals surface area contributed by atoms with Gasteiger partial charge < -0.3 is 19.3 Å². The highest BCUT2D eigenvalue weighted by molar-refractivity contribution is 5.93. The molecule has 0 aliphatic carbocycles. The number of aliphatic hydroxyl groups is 1. The number of aryl methyl sites for hydroxylation is 1. The zero-order chi connectivity index (χ0) is 12.3. The largest absolute Gasteiger partial charge is 0.467 e. The van der Waals surface area contributed by atoms with Crippen molar-refractivity contribution in [3.05, 3.63) is 42.0 Å². The van der Waals surface area contributed by atoms with Crippen molar-refractivity contribution in [2.45, 2.75) is 13.0 Å². The van der Waals surface area contributed by atoms with Crippen LogP contribution in [0.25, 0.3) is 0 Å². The highest BCUT2D eigenvalue weighted by atomic mass is 16.4. The molecule has 2 aromatic heterocycles. The van der Waals surface area contributed by atoms with E-state index in [1.165, 1.54) is 12.7 Å². The first kappa shape index (κ1) is 11.4. The number of hydrogen-bond donors (Lipinski definition) is 2. The van der Waals surface area contributed by atoms with Crippen molar-refractivity contribution in [3.63, 3.8) is 0 Å². The van der Waals surface area contributed by atoms with E-state index in [1.54, 1.807) is 19.1 Å². The molecule has 0 fully saturated rings. The van der Waals surface area contributed by atoms with Crippen molar-refractivity contribution < 1.29 is 18.7 Å². The number of carbonyl (C=O) groups is 1. The normalized spacial score (nSPS) is 12.4. The zero-order valence-electron chi connectivity index (χ0n) is 9.21. The quantitative estimate of drug-likeness (QED) is 0.827. The summed E-state index contributed by atoms with van der Waals surface area (Å²) in [4.78, 5) is 15.4. The summed E-state index contributed by atoms with van der Waals surface area (Å²) in [5.41, 5.74) is 0.219. The molecule has 0 bridgehead atoms. The third kappa shape index (κ3) is 2.54. The molecule has 1 unspecified atom stereocenters. The van der Waals surface area contributed by atoms with Gasteiger partial charge in [0.05, 0.1) is 12.8 Å². The lowest BCUT2D eigenvalue weighted by Gasteiger charge is -2.08. The topological polar surface area (TPSA) is 88.5 Å².